The maximum absolute atomic E-state index is 13.1. The van der Waals surface area contributed by atoms with Crippen LogP contribution in [0, 0.1) is 5.82 Å². The number of carbonyl (C=O) groups excluding carboxylic acids is 1. The quantitative estimate of drug-likeness (QED) is 0.744. The Morgan fingerprint density at radius 3 is 2.71 bits per heavy atom. The third kappa shape index (κ3) is 3.98. The predicted octanol–water partition coefficient (Wildman–Crippen LogP) is 1.67. The van der Waals surface area contributed by atoms with Gasteiger partial charge in [-0.25, -0.2) is 4.39 Å². The van der Waals surface area contributed by atoms with Crippen molar-refractivity contribution in [2.45, 2.75) is 19.4 Å². The molecule has 0 aliphatic heterocycles. The number of halogens is 2. The number of benzene rings is 1. The van der Waals surface area contributed by atoms with Crippen LogP contribution in [0.2, 0.25) is 0 Å². The van der Waals surface area contributed by atoms with Crippen LogP contribution in [0.1, 0.15) is 24.2 Å². The SMILES string of the molecule is CC(C)(O)CNC(=O)c1cc(N)c(F)cc1Br. The number of amides is 1. The van der Waals surface area contributed by atoms with E-state index in [1.54, 1.807) is 13.8 Å². The van der Waals surface area contributed by atoms with Gasteiger partial charge in [0.1, 0.15) is 5.82 Å². The summed E-state index contributed by atoms with van der Waals surface area (Å²) in [5.74, 6) is -1.01. The van der Waals surface area contributed by atoms with Crippen LogP contribution in [0.5, 0.6) is 0 Å². The van der Waals surface area contributed by atoms with Gasteiger partial charge in [-0.3, -0.25) is 4.79 Å². The van der Waals surface area contributed by atoms with Gasteiger partial charge in [-0.15, -0.1) is 0 Å². The fourth-order valence-corrected chi connectivity index (χ4v) is 1.63. The van der Waals surface area contributed by atoms with E-state index in [0.29, 0.717) is 4.47 Å². The normalized spacial score (nSPS) is 11.4. The summed E-state index contributed by atoms with van der Waals surface area (Å²) in [6.07, 6.45) is 0. The second-order valence-electron chi connectivity index (χ2n) is 4.35. The molecule has 4 N–H and O–H groups in total. The van der Waals surface area contributed by atoms with Crippen LogP contribution in [0.25, 0.3) is 0 Å². The molecule has 0 radical (unpaired) electrons. The fraction of sp³-hybridized carbons (Fsp3) is 0.364. The van der Waals surface area contributed by atoms with Crippen molar-refractivity contribution in [2.24, 2.45) is 0 Å². The second-order valence-corrected chi connectivity index (χ2v) is 5.20. The Morgan fingerprint density at radius 2 is 2.18 bits per heavy atom. The van der Waals surface area contributed by atoms with Gasteiger partial charge >= 0.3 is 0 Å². The first-order valence-electron chi connectivity index (χ1n) is 4.96. The molecule has 0 aliphatic rings. The van der Waals surface area contributed by atoms with Crippen LogP contribution in [0.4, 0.5) is 10.1 Å². The minimum Gasteiger partial charge on any atom is -0.396 e. The van der Waals surface area contributed by atoms with Crippen LogP contribution in [0.15, 0.2) is 16.6 Å². The third-order valence-electron chi connectivity index (χ3n) is 2.01. The lowest BCUT2D eigenvalue weighted by molar-refractivity contribution is 0.0694. The van der Waals surface area contributed by atoms with Gasteiger partial charge in [0.05, 0.1) is 16.9 Å². The average Bonchev–Trinajstić information content (AvgIpc) is 2.19. The number of nitrogen functional groups attached to an aromatic ring is 1. The first kappa shape index (κ1) is 13.9. The molecule has 0 saturated heterocycles. The molecular weight excluding hydrogens is 291 g/mol. The van der Waals surface area contributed by atoms with Gasteiger partial charge < -0.3 is 16.2 Å². The molecule has 0 saturated carbocycles. The molecule has 94 valence electrons. The summed E-state index contributed by atoms with van der Waals surface area (Å²) in [5, 5.41) is 12.0. The van der Waals surface area contributed by atoms with Gasteiger partial charge in [0.2, 0.25) is 0 Å². The van der Waals surface area contributed by atoms with E-state index in [1.807, 2.05) is 0 Å². The van der Waals surface area contributed by atoms with Gasteiger partial charge in [-0.05, 0) is 41.9 Å². The summed E-state index contributed by atoms with van der Waals surface area (Å²) >= 11 is 3.08. The number of hydrogen-bond donors (Lipinski definition) is 3. The smallest absolute Gasteiger partial charge is 0.252 e. The molecule has 4 nitrogen and oxygen atoms in total. The van der Waals surface area contributed by atoms with Crippen molar-refractivity contribution in [1.82, 2.24) is 5.32 Å². The lowest BCUT2D eigenvalue weighted by Gasteiger charge is -2.18. The van der Waals surface area contributed by atoms with Gasteiger partial charge in [0.15, 0.2) is 0 Å². The maximum atomic E-state index is 13.1. The summed E-state index contributed by atoms with van der Waals surface area (Å²) in [5.41, 5.74) is 4.51. The lowest BCUT2D eigenvalue weighted by atomic mass is 10.1. The molecule has 0 unspecified atom stereocenters. The van der Waals surface area contributed by atoms with E-state index in [2.05, 4.69) is 21.2 Å². The number of carbonyl (C=O) groups is 1. The molecule has 1 aromatic rings. The number of nitrogens with two attached hydrogens (primary N) is 1. The van der Waals surface area contributed by atoms with Crippen molar-refractivity contribution in [3.8, 4) is 0 Å². The average molecular weight is 305 g/mol. The highest BCUT2D eigenvalue weighted by molar-refractivity contribution is 9.10. The van der Waals surface area contributed by atoms with Crippen molar-refractivity contribution >= 4 is 27.5 Å². The molecule has 0 heterocycles. The van der Waals surface area contributed by atoms with Gasteiger partial charge in [-0.2, -0.15) is 0 Å². The van der Waals surface area contributed by atoms with Crippen LogP contribution in [-0.4, -0.2) is 23.2 Å². The third-order valence-corrected chi connectivity index (χ3v) is 2.67. The van der Waals surface area contributed by atoms with Crippen LogP contribution in [0.3, 0.4) is 0 Å². The monoisotopic (exact) mass is 304 g/mol. The standard InChI is InChI=1S/C11H14BrFN2O2/c1-11(2,17)5-15-10(16)6-3-9(14)8(13)4-7(6)12/h3-4,17H,5,14H2,1-2H3,(H,15,16). The highest BCUT2D eigenvalue weighted by Gasteiger charge is 2.17. The lowest BCUT2D eigenvalue weighted by Crippen LogP contribution is -2.38. The van der Waals surface area contributed by atoms with Crippen molar-refractivity contribution in [1.29, 1.82) is 0 Å². The highest BCUT2D eigenvalue weighted by Crippen LogP contribution is 2.22. The topological polar surface area (TPSA) is 75.3 Å². The number of anilines is 1. The van der Waals surface area contributed by atoms with Crippen molar-refractivity contribution < 1.29 is 14.3 Å². The zero-order valence-electron chi connectivity index (χ0n) is 9.55. The Labute approximate surface area is 107 Å². The Morgan fingerprint density at radius 1 is 1.59 bits per heavy atom. The Bertz CT molecular complexity index is 444. The van der Waals surface area contributed by atoms with E-state index in [4.69, 9.17) is 5.73 Å². The van der Waals surface area contributed by atoms with Gasteiger partial charge in [0, 0.05) is 11.0 Å². The minimum atomic E-state index is -1.01. The molecule has 1 rings (SSSR count). The minimum absolute atomic E-state index is 0.0928. The fourth-order valence-electron chi connectivity index (χ4n) is 1.13. The molecule has 0 aliphatic carbocycles. The number of rotatable bonds is 3. The predicted molar refractivity (Wildman–Crippen MR) is 67.1 cm³/mol. The van der Waals surface area contributed by atoms with E-state index < -0.39 is 17.3 Å². The van der Waals surface area contributed by atoms with E-state index in [1.165, 1.54) is 6.07 Å². The summed E-state index contributed by atoms with van der Waals surface area (Å²) in [7, 11) is 0. The molecule has 6 heteroatoms. The molecule has 17 heavy (non-hydrogen) atoms. The zero-order chi connectivity index (χ0) is 13.2. The van der Waals surface area contributed by atoms with Gasteiger partial charge in [0.25, 0.3) is 5.91 Å². The summed E-state index contributed by atoms with van der Waals surface area (Å²) in [6, 6.07) is 2.38. The van der Waals surface area contributed by atoms with Crippen LogP contribution >= 0.6 is 15.9 Å². The molecule has 1 amide bonds. The number of nitrogens with one attached hydrogen (secondary N) is 1. The number of aliphatic hydroxyl groups is 1. The molecular formula is C11H14BrFN2O2. The largest absolute Gasteiger partial charge is 0.396 e. The van der Waals surface area contributed by atoms with E-state index in [-0.39, 0.29) is 17.8 Å². The summed E-state index contributed by atoms with van der Waals surface area (Å²) in [6.45, 7) is 3.23. The molecule has 0 atom stereocenters. The first-order valence-corrected chi connectivity index (χ1v) is 5.75. The van der Waals surface area contributed by atoms with E-state index >= 15 is 0 Å². The Balaban J connectivity index is 2.86. The second kappa shape index (κ2) is 5.01. The van der Waals surface area contributed by atoms with Crippen molar-refractivity contribution in [3.63, 3.8) is 0 Å². The van der Waals surface area contributed by atoms with Crippen molar-refractivity contribution in [3.05, 3.63) is 28.0 Å². The maximum Gasteiger partial charge on any atom is 0.252 e. The molecule has 0 aromatic heterocycles. The summed E-state index contributed by atoms with van der Waals surface area (Å²) in [4.78, 5) is 11.7. The van der Waals surface area contributed by atoms with E-state index in [0.717, 1.165) is 6.07 Å². The van der Waals surface area contributed by atoms with Crippen molar-refractivity contribution in [2.75, 3.05) is 12.3 Å². The van der Waals surface area contributed by atoms with Crippen LogP contribution < -0.4 is 11.1 Å². The molecule has 1 aromatic carbocycles. The first-order chi connectivity index (χ1) is 7.70. The van der Waals surface area contributed by atoms with Gasteiger partial charge in [-0.1, -0.05) is 0 Å². The highest BCUT2D eigenvalue weighted by atomic mass is 79.9. The Hall–Kier alpha value is -1.14. The number of hydrogen-bond acceptors (Lipinski definition) is 3. The zero-order valence-corrected chi connectivity index (χ0v) is 11.1. The molecule has 0 bridgehead atoms. The molecule has 0 fully saturated rings. The van der Waals surface area contributed by atoms with Crippen LogP contribution in [-0.2, 0) is 0 Å². The van der Waals surface area contributed by atoms with E-state index in [9.17, 15) is 14.3 Å². The summed E-state index contributed by atoms with van der Waals surface area (Å²) < 4.78 is 13.4. The molecule has 0 spiro atoms. The Kier molecular flexibility index (Phi) is 4.11.